The van der Waals surface area contributed by atoms with Gasteiger partial charge in [-0.1, -0.05) is 24.3 Å². The highest BCUT2D eigenvalue weighted by atomic mass is 127. The second-order valence-electron chi connectivity index (χ2n) is 6.39. The van der Waals surface area contributed by atoms with Crippen molar-refractivity contribution in [2.45, 2.75) is 25.8 Å². The van der Waals surface area contributed by atoms with Gasteiger partial charge in [-0.05, 0) is 37.1 Å². The van der Waals surface area contributed by atoms with Gasteiger partial charge in [0.1, 0.15) is 5.75 Å². The number of hydrogen-bond donors (Lipinski definition) is 3. The molecule has 0 saturated carbocycles. The van der Waals surface area contributed by atoms with Crippen LogP contribution in [0, 0.1) is 0 Å². The number of phenols is 1. The van der Waals surface area contributed by atoms with E-state index in [1.165, 1.54) is 0 Å². The van der Waals surface area contributed by atoms with Crippen molar-refractivity contribution in [3.05, 3.63) is 53.6 Å². The summed E-state index contributed by atoms with van der Waals surface area (Å²) >= 11 is 0. The standard InChI is InChI=1S/C21H27N3O3.HI/c1-3-22-21(23-12-10-15-8-9-18(25)20(14-15)26-2)24-17-11-13-27-19-7-5-4-6-16(17)19;/h4-9,14,17,25H,3,10-13H2,1-2H3,(H2,22,23,24);1H. The average molecular weight is 497 g/mol. The maximum absolute atomic E-state index is 9.70. The van der Waals surface area contributed by atoms with Crippen molar-refractivity contribution in [1.82, 2.24) is 10.6 Å². The van der Waals surface area contributed by atoms with E-state index < -0.39 is 0 Å². The Hall–Kier alpha value is -2.16. The quantitative estimate of drug-likeness (QED) is 0.323. The van der Waals surface area contributed by atoms with Crippen molar-refractivity contribution in [2.24, 2.45) is 4.99 Å². The lowest BCUT2D eigenvalue weighted by Crippen LogP contribution is -2.41. The molecule has 6 nitrogen and oxygen atoms in total. The molecular formula is C21H28IN3O3. The summed E-state index contributed by atoms with van der Waals surface area (Å²) in [5.74, 6) is 2.37. The number of fused-ring (bicyclic) bond motifs is 1. The van der Waals surface area contributed by atoms with Crippen molar-refractivity contribution in [2.75, 3.05) is 26.8 Å². The zero-order chi connectivity index (χ0) is 19.1. The summed E-state index contributed by atoms with van der Waals surface area (Å²) in [7, 11) is 1.55. The van der Waals surface area contributed by atoms with E-state index in [9.17, 15) is 5.11 Å². The van der Waals surface area contributed by atoms with Gasteiger partial charge in [0, 0.05) is 25.1 Å². The molecule has 1 atom stereocenters. The van der Waals surface area contributed by atoms with Gasteiger partial charge in [-0.2, -0.15) is 0 Å². The molecule has 28 heavy (non-hydrogen) atoms. The Morgan fingerprint density at radius 2 is 2.11 bits per heavy atom. The number of nitrogens with zero attached hydrogens (tertiary/aromatic N) is 1. The van der Waals surface area contributed by atoms with E-state index in [2.05, 4.69) is 23.6 Å². The molecule has 0 spiro atoms. The summed E-state index contributed by atoms with van der Waals surface area (Å²) in [6.07, 6.45) is 1.66. The van der Waals surface area contributed by atoms with E-state index in [-0.39, 0.29) is 35.8 Å². The molecule has 0 fully saturated rings. The average Bonchev–Trinajstić information content (AvgIpc) is 2.69. The molecule has 1 aliphatic heterocycles. The molecule has 0 aliphatic carbocycles. The molecule has 0 bridgehead atoms. The molecule has 1 unspecified atom stereocenters. The second-order valence-corrected chi connectivity index (χ2v) is 6.39. The highest BCUT2D eigenvalue weighted by Crippen LogP contribution is 2.31. The van der Waals surface area contributed by atoms with E-state index in [1.54, 1.807) is 13.2 Å². The molecule has 7 heteroatoms. The number of phenolic OH excluding ortho intramolecular Hbond substituents is 1. The Bertz CT molecular complexity index is 798. The van der Waals surface area contributed by atoms with Gasteiger partial charge in [0.05, 0.1) is 19.8 Å². The molecule has 3 N–H and O–H groups in total. The number of methoxy groups -OCH3 is 1. The molecular weight excluding hydrogens is 469 g/mol. The smallest absolute Gasteiger partial charge is 0.191 e. The minimum Gasteiger partial charge on any atom is -0.504 e. The summed E-state index contributed by atoms with van der Waals surface area (Å²) in [5, 5.41) is 16.5. The minimum absolute atomic E-state index is 0. The van der Waals surface area contributed by atoms with Crippen LogP contribution >= 0.6 is 24.0 Å². The molecule has 1 heterocycles. The van der Waals surface area contributed by atoms with Crippen LogP contribution in [-0.4, -0.2) is 37.9 Å². The molecule has 2 aromatic rings. The van der Waals surface area contributed by atoms with Crippen LogP contribution in [0.2, 0.25) is 0 Å². The maximum atomic E-state index is 9.70. The fourth-order valence-electron chi connectivity index (χ4n) is 3.15. The van der Waals surface area contributed by atoms with Gasteiger partial charge in [-0.15, -0.1) is 24.0 Å². The summed E-state index contributed by atoms with van der Waals surface area (Å²) in [6.45, 7) is 4.18. The Morgan fingerprint density at radius 1 is 1.29 bits per heavy atom. The van der Waals surface area contributed by atoms with Crippen LogP contribution in [0.1, 0.15) is 30.5 Å². The first-order valence-corrected chi connectivity index (χ1v) is 9.33. The summed E-state index contributed by atoms with van der Waals surface area (Å²) in [4.78, 5) is 4.70. The summed E-state index contributed by atoms with van der Waals surface area (Å²) < 4.78 is 10.9. The summed E-state index contributed by atoms with van der Waals surface area (Å²) in [6, 6.07) is 13.7. The normalized spacial score (nSPS) is 15.6. The van der Waals surface area contributed by atoms with Crippen LogP contribution in [0.4, 0.5) is 0 Å². The molecule has 0 aromatic heterocycles. The summed E-state index contributed by atoms with van der Waals surface area (Å²) in [5.41, 5.74) is 2.23. The van der Waals surface area contributed by atoms with E-state index in [0.29, 0.717) is 18.9 Å². The largest absolute Gasteiger partial charge is 0.504 e. The SMILES string of the molecule is CCNC(=NCCc1ccc(O)c(OC)c1)NC1CCOc2ccccc21.I. The third-order valence-electron chi connectivity index (χ3n) is 4.53. The van der Waals surface area contributed by atoms with Crippen molar-refractivity contribution < 1.29 is 14.6 Å². The van der Waals surface area contributed by atoms with Crippen LogP contribution in [0.15, 0.2) is 47.5 Å². The molecule has 152 valence electrons. The monoisotopic (exact) mass is 497 g/mol. The number of aliphatic imine (C=N–C) groups is 1. The number of hydrogen-bond acceptors (Lipinski definition) is 4. The van der Waals surface area contributed by atoms with Crippen molar-refractivity contribution in [3.8, 4) is 17.2 Å². The highest BCUT2D eigenvalue weighted by molar-refractivity contribution is 14.0. The van der Waals surface area contributed by atoms with Crippen molar-refractivity contribution in [3.63, 3.8) is 0 Å². The van der Waals surface area contributed by atoms with Crippen LogP contribution in [0.5, 0.6) is 17.2 Å². The number of guanidine groups is 1. The van der Waals surface area contributed by atoms with Crippen LogP contribution in [-0.2, 0) is 6.42 Å². The minimum atomic E-state index is 0. The van der Waals surface area contributed by atoms with Crippen LogP contribution < -0.4 is 20.1 Å². The fraction of sp³-hybridized carbons (Fsp3) is 0.381. The lowest BCUT2D eigenvalue weighted by molar-refractivity contribution is 0.261. The van der Waals surface area contributed by atoms with Crippen LogP contribution in [0.3, 0.4) is 0 Å². The number of ether oxygens (including phenoxy) is 2. The highest BCUT2D eigenvalue weighted by Gasteiger charge is 2.21. The fourth-order valence-corrected chi connectivity index (χ4v) is 3.15. The molecule has 0 radical (unpaired) electrons. The van der Waals surface area contributed by atoms with E-state index in [4.69, 9.17) is 14.5 Å². The number of para-hydroxylation sites is 1. The third-order valence-corrected chi connectivity index (χ3v) is 4.53. The molecule has 3 rings (SSSR count). The molecule has 1 aliphatic rings. The first-order chi connectivity index (χ1) is 13.2. The topological polar surface area (TPSA) is 75.1 Å². The first-order valence-electron chi connectivity index (χ1n) is 9.33. The van der Waals surface area contributed by atoms with Gasteiger partial charge in [0.2, 0.25) is 0 Å². The van der Waals surface area contributed by atoms with Gasteiger partial charge in [0.25, 0.3) is 0 Å². The molecule has 2 aromatic carbocycles. The second kappa shape index (κ2) is 11.0. The van der Waals surface area contributed by atoms with Crippen molar-refractivity contribution in [1.29, 1.82) is 0 Å². The van der Waals surface area contributed by atoms with Gasteiger partial charge in [-0.3, -0.25) is 4.99 Å². The number of benzene rings is 2. The van der Waals surface area contributed by atoms with E-state index in [0.717, 1.165) is 42.2 Å². The Balaban J connectivity index is 0.00000280. The zero-order valence-electron chi connectivity index (χ0n) is 16.3. The Kier molecular flexibility index (Phi) is 8.69. The number of nitrogens with one attached hydrogen (secondary N) is 2. The maximum Gasteiger partial charge on any atom is 0.191 e. The Labute approximate surface area is 183 Å². The zero-order valence-corrected chi connectivity index (χ0v) is 18.6. The van der Waals surface area contributed by atoms with Crippen LogP contribution in [0.25, 0.3) is 0 Å². The van der Waals surface area contributed by atoms with Crippen molar-refractivity contribution >= 4 is 29.9 Å². The number of rotatable bonds is 6. The predicted molar refractivity (Wildman–Crippen MR) is 122 cm³/mol. The van der Waals surface area contributed by atoms with Gasteiger partial charge >= 0.3 is 0 Å². The Morgan fingerprint density at radius 3 is 2.89 bits per heavy atom. The molecule has 0 amide bonds. The van der Waals surface area contributed by atoms with E-state index in [1.807, 2.05) is 30.3 Å². The molecule has 0 saturated heterocycles. The van der Waals surface area contributed by atoms with Gasteiger partial charge in [0.15, 0.2) is 17.5 Å². The van der Waals surface area contributed by atoms with E-state index >= 15 is 0 Å². The first kappa shape index (κ1) is 22.1. The number of aromatic hydroxyl groups is 1. The third kappa shape index (κ3) is 5.67. The predicted octanol–water partition coefficient (Wildman–Crippen LogP) is 3.64. The van der Waals surface area contributed by atoms with Gasteiger partial charge in [-0.25, -0.2) is 0 Å². The lowest BCUT2D eigenvalue weighted by atomic mass is 10.0. The lowest BCUT2D eigenvalue weighted by Gasteiger charge is -2.28. The van der Waals surface area contributed by atoms with Gasteiger partial charge < -0.3 is 25.2 Å². The number of halogens is 1.